The quantitative estimate of drug-likeness (QED) is 0.672. The van der Waals surface area contributed by atoms with Gasteiger partial charge in [0, 0.05) is 0 Å². The third-order valence-corrected chi connectivity index (χ3v) is 1.44. The minimum Gasteiger partial charge on any atom is -0.457 e. The molecule has 4 heteroatoms. The molecule has 0 aliphatic heterocycles. The molecule has 0 saturated carbocycles. The van der Waals surface area contributed by atoms with E-state index in [2.05, 4.69) is 4.74 Å². The molecule has 0 heterocycles. The van der Waals surface area contributed by atoms with Gasteiger partial charge >= 0.3 is 0 Å². The average molecular weight is 176 g/mol. The molecule has 1 aromatic carbocycles. The predicted octanol–water partition coefficient (Wildman–Crippen LogP) is 2.58. The summed E-state index contributed by atoms with van der Waals surface area (Å²) in [4.78, 5) is 0. The van der Waals surface area contributed by atoms with Crippen molar-refractivity contribution in [3.05, 3.63) is 29.3 Å². The summed E-state index contributed by atoms with van der Waals surface area (Å²) in [5, 5.41) is 0. The highest BCUT2D eigenvalue weighted by atomic mass is 19.1. The van der Waals surface area contributed by atoms with Crippen LogP contribution in [0.25, 0.3) is 0 Å². The number of hydrogen-bond acceptors (Lipinski definition) is 1. The van der Waals surface area contributed by atoms with Crippen LogP contribution in [0.5, 0.6) is 5.75 Å². The molecular weight excluding hydrogens is 169 g/mol. The van der Waals surface area contributed by atoms with Gasteiger partial charge in [-0.3, -0.25) is 0 Å². The standard InChI is InChI=1S/C8H7F3O/c1-5-2-3-6(10)8(7(5)11)12-4-9/h2-3H,4H2,1H3. The van der Waals surface area contributed by atoms with Crippen molar-refractivity contribution in [2.75, 3.05) is 6.86 Å². The first-order valence-corrected chi connectivity index (χ1v) is 3.30. The van der Waals surface area contributed by atoms with Crippen molar-refractivity contribution >= 4 is 0 Å². The van der Waals surface area contributed by atoms with Crippen LogP contribution in [0.2, 0.25) is 0 Å². The highest BCUT2D eigenvalue weighted by Crippen LogP contribution is 2.23. The second-order valence-corrected chi connectivity index (χ2v) is 2.26. The molecule has 0 spiro atoms. The maximum Gasteiger partial charge on any atom is 0.228 e. The van der Waals surface area contributed by atoms with Crippen molar-refractivity contribution in [2.45, 2.75) is 6.92 Å². The second kappa shape index (κ2) is 3.47. The van der Waals surface area contributed by atoms with Gasteiger partial charge in [0.15, 0.2) is 17.4 Å². The minimum absolute atomic E-state index is 0.222. The fourth-order valence-corrected chi connectivity index (χ4v) is 0.818. The molecule has 1 rings (SSSR count). The zero-order chi connectivity index (χ0) is 9.14. The summed E-state index contributed by atoms with van der Waals surface area (Å²) < 4.78 is 41.4. The van der Waals surface area contributed by atoms with E-state index in [9.17, 15) is 13.2 Å². The van der Waals surface area contributed by atoms with Crippen LogP contribution < -0.4 is 4.74 Å². The first-order valence-electron chi connectivity index (χ1n) is 3.30. The number of ether oxygens (including phenoxy) is 1. The molecule has 0 bridgehead atoms. The van der Waals surface area contributed by atoms with E-state index >= 15 is 0 Å². The molecule has 0 unspecified atom stereocenters. The molecule has 0 aromatic heterocycles. The Morgan fingerprint density at radius 1 is 1.33 bits per heavy atom. The van der Waals surface area contributed by atoms with Gasteiger partial charge in [-0.1, -0.05) is 6.07 Å². The van der Waals surface area contributed by atoms with Gasteiger partial charge in [0.1, 0.15) is 0 Å². The van der Waals surface area contributed by atoms with E-state index in [0.717, 1.165) is 6.07 Å². The maximum absolute atomic E-state index is 12.9. The van der Waals surface area contributed by atoms with Crippen LogP contribution in [0.1, 0.15) is 5.56 Å². The third kappa shape index (κ3) is 1.52. The first kappa shape index (κ1) is 8.90. The Morgan fingerprint density at radius 3 is 2.58 bits per heavy atom. The van der Waals surface area contributed by atoms with Crippen molar-refractivity contribution in [3.63, 3.8) is 0 Å². The van der Waals surface area contributed by atoms with Gasteiger partial charge in [-0.2, -0.15) is 0 Å². The van der Waals surface area contributed by atoms with E-state index < -0.39 is 24.2 Å². The summed E-state index contributed by atoms with van der Waals surface area (Å²) in [7, 11) is 0. The van der Waals surface area contributed by atoms with Crippen molar-refractivity contribution < 1.29 is 17.9 Å². The molecule has 1 aromatic rings. The van der Waals surface area contributed by atoms with E-state index in [4.69, 9.17) is 0 Å². The zero-order valence-corrected chi connectivity index (χ0v) is 6.40. The van der Waals surface area contributed by atoms with Crippen molar-refractivity contribution in [1.82, 2.24) is 0 Å². The fraction of sp³-hybridized carbons (Fsp3) is 0.250. The summed E-state index contributed by atoms with van der Waals surface area (Å²) in [6, 6.07) is 2.29. The Labute approximate surface area is 67.8 Å². The number of alkyl halides is 1. The normalized spacial score (nSPS) is 10.0. The third-order valence-electron chi connectivity index (χ3n) is 1.44. The average Bonchev–Trinajstić information content (AvgIpc) is 2.06. The molecule has 0 amide bonds. The molecule has 1 nitrogen and oxygen atoms in total. The molecule has 66 valence electrons. The molecule has 12 heavy (non-hydrogen) atoms. The van der Waals surface area contributed by atoms with E-state index in [1.54, 1.807) is 0 Å². The molecule has 0 N–H and O–H groups in total. The van der Waals surface area contributed by atoms with Crippen LogP contribution >= 0.6 is 0 Å². The number of benzene rings is 1. The molecule has 0 radical (unpaired) electrons. The summed E-state index contributed by atoms with van der Waals surface area (Å²) in [5.74, 6) is -2.40. The summed E-state index contributed by atoms with van der Waals surface area (Å²) in [6.45, 7) is 0.206. The summed E-state index contributed by atoms with van der Waals surface area (Å²) in [6.07, 6.45) is 0. The smallest absolute Gasteiger partial charge is 0.228 e. The Balaban J connectivity index is 3.14. The van der Waals surface area contributed by atoms with E-state index in [1.165, 1.54) is 13.0 Å². The lowest BCUT2D eigenvalue weighted by Crippen LogP contribution is -1.98. The van der Waals surface area contributed by atoms with Gasteiger partial charge in [0.25, 0.3) is 0 Å². The first-order chi connectivity index (χ1) is 5.66. The second-order valence-electron chi connectivity index (χ2n) is 2.26. The number of halogens is 3. The lowest BCUT2D eigenvalue weighted by atomic mass is 10.2. The molecule has 0 fully saturated rings. The van der Waals surface area contributed by atoms with Crippen LogP contribution in [0.3, 0.4) is 0 Å². The van der Waals surface area contributed by atoms with Gasteiger partial charge in [0.05, 0.1) is 0 Å². The van der Waals surface area contributed by atoms with Gasteiger partial charge in [0.2, 0.25) is 6.86 Å². The van der Waals surface area contributed by atoms with E-state index in [-0.39, 0.29) is 5.56 Å². The van der Waals surface area contributed by atoms with Crippen LogP contribution in [0.4, 0.5) is 13.2 Å². The highest BCUT2D eigenvalue weighted by Gasteiger charge is 2.11. The van der Waals surface area contributed by atoms with E-state index in [1.807, 2.05) is 0 Å². The maximum atomic E-state index is 12.9. The summed E-state index contributed by atoms with van der Waals surface area (Å²) in [5.41, 5.74) is 0.222. The van der Waals surface area contributed by atoms with Gasteiger partial charge in [-0.05, 0) is 18.6 Å². The molecule has 0 aliphatic rings. The Hall–Kier alpha value is -1.19. The highest BCUT2D eigenvalue weighted by molar-refractivity contribution is 5.31. The van der Waals surface area contributed by atoms with Gasteiger partial charge < -0.3 is 4.74 Å². The van der Waals surface area contributed by atoms with Gasteiger partial charge in [-0.25, -0.2) is 13.2 Å². The van der Waals surface area contributed by atoms with Crippen molar-refractivity contribution in [3.8, 4) is 5.75 Å². The number of aryl methyl sites for hydroxylation is 1. The van der Waals surface area contributed by atoms with Crippen LogP contribution in [0.15, 0.2) is 12.1 Å². The molecule has 0 saturated heterocycles. The zero-order valence-electron chi connectivity index (χ0n) is 6.40. The van der Waals surface area contributed by atoms with Crippen LogP contribution in [-0.4, -0.2) is 6.86 Å². The van der Waals surface area contributed by atoms with Crippen LogP contribution in [0, 0.1) is 18.6 Å². The Bertz CT molecular complexity index is 286. The predicted molar refractivity (Wildman–Crippen MR) is 37.7 cm³/mol. The monoisotopic (exact) mass is 176 g/mol. The number of rotatable bonds is 2. The topological polar surface area (TPSA) is 9.23 Å². The fourth-order valence-electron chi connectivity index (χ4n) is 0.818. The Kier molecular flexibility index (Phi) is 2.58. The molecule has 0 atom stereocenters. The minimum atomic E-state index is -1.24. The van der Waals surface area contributed by atoms with E-state index in [0.29, 0.717) is 0 Å². The molecular formula is C8H7F3O. The lowest BCUT2D eigenvalue weighted by molar-refractivity contribution is 0.176. The van der Waals surface area contributed by atoms with Crippen molar-refractivity contribution in [2.24, 2.45) is 0 Å². The number of hydrogen-bond donors (Lipinski definition) is 0. The van der Waals surface area contributed by atoms with Gasteiger partial charge in [-0.15, -0.1) is 0 Å². The molecule has 0 aliphatic carbocycles. The lowest BCUT2D eigenvalue weighted by Gasteiger charge is -2.05. The SMILES string of the molecule is Cc1ccc(F)c(OCF)c1F. The largest absolute Gasteiger partial charge is 0.457 e. The summed E-state index contributed by atoms with van der Waals surface area (Å²) >= 11 is 0. The van der Waals surface area contributed by atoms with Crippen molar-refractivity contribution in [1.29, 1.82) is 0 Å². The van der Waals surface area contributed by atoms with Crippen LogP contribution in [-0.2, 0) is 0 Å². The Morgan fingerprint density at radius 2 is 2.00 bits per heavy atom.